The van der Waals surface area contributed by atoms with Crippen LogP contribution in [-0.4, -0.2) is 56.8 Å². The molecule has 1 saturated heterocycles. The fourth-order valence-corrected chi connectivity index (χ4v) is 3.33. The van der Waals surface area contributed by atoms with Crippen molar-refractivity contribution in [1.29, 1.82) is 0 Å². The molecule has 2 heterocycles. The van der Waals surface area contributed by atoms with Gasteiger partial charge in [0.2, 0.25) is 0 Å². The fourth-order valence-electron chi connectivity index (χ4n) is 2.82. The molecule has 0 aliphatic carbocycles. The van der Waals surface area contributed by atoms with Gasteiger partial charge in [-0.1, -0.05) is 0 Å². The standard InChI is InChI=1S/C16H21BrN2O3/c17-14-10-12-2-3-18-16(20)13(12)11-15(14)22-7-1-4-19-5-8-21-9-6-19/h10-11H,1-9H2,(H,18,20). The second-order valence-corrected chi connectivity index (χ2v) is 6.46. The Hall–Kier alpha value is -1.11. The van der Waals surface area contributed by atoms with Crippen molar-refractivity contribution < 1.29 is 14.3 Å². The van der Waals surface area contributed by atoms with Crippen molar-refractivity contribution >= 4 is 21.8 Å². The van der Waals surface area contributed by atoms with Gasteiger partial charge in [-0.15, -0.1) is 0 Å². The molecule has 0 unspecified atom stereocenters. The molecule has 6 heteroatoms. The Morgan fingerprint density at radius 3 is 2.95 bits per heavy atom. The minimum absolute atomic E-state index is 0.00748. The summed E-state index contributed by atoms with van der Waals surface area (Å²) in [6, 6.07) is 3.86. The van der Waals surface area contributed by atoms with E-state index in [1.54, 1.807) is 0 Å². The van der Waals surface area contributed by atoms with Crippen LogP contribution in [-0.2, 0) is 11.2 Å². The third kappa shape index (κ3) is 3.80. The molecule has 120 valence electrons. The molecule has 0 atom stereocenters. The molecule has 0 aromatic heterocycles. The summed E-state index contributed by atoms with van der Waals surface area (Å²) in [6.07, 6.45) is 1.84. The summed E-state index contributed by atoms with van der Waals surface area (Å²) in [5.41, 5.74) is 1.81. The number of hydrogen-bond acceptors (Lipinski definition) is 4. The van der Waals surface area contributed by atoms with Crippen LogP contribution in [0.15, 0.2) is 16.6 Å². The molecular weight excluding hydrogens is 348 g/mol. The highest BCUT2D eigenvalue weighted by atomic mass is 79.9. The first-order valence-electron chi connectivity index (χ1n) is 7.77. The zero-order chi connectivity index (χ0) is 15.4. The quantitative estimate of drug-likeness (QED) is 0.805. The summed E-state index contributed by atoms with van der Waals surface area (Å²) in [6.45, 7) is 6.03. The van der Waals surface area contributed by atoms with E-state index in [1.165, 1.54) is 0 Å². The Labute approximate surface area is 139 Å². The molecule has 1 N–H and O–H groups in total. The van der Waals surface area contributed by atoms with Gasteiger partial charge in [-0.2, -0.15) is 0 Å². The number of ether oxygens (including phenoxy) is 2. The third-order valence-electron chi connectivity index (χ3n) is 4.06. The summed E-state index contributed by atoms with van der Waals surface area (Å²) in [4.78, 5) is 14.3. The lowest BCUT2D eigenvalue weighted by Crippen LogP contribution is -2.37. The summed E-state index contributed by atoms with van der Waals surface area (Å²) < 4.78 is 12.1. The molecular formula is C16H21BrN2O3. The maximum atomic E-state index is 11.9. The minimum atomic E-state index is -0.00748. The molecule has 1 aromatic rings. The van der Waals surface area contributed by atoms with Crippen LogP contribution in [0.25, 0.3) is 0 Å². The van der Waals surface area contributed by atoms with Crippen molar-refractivity contribution in [2.24, 2.45) is 0 Å². The Morgan fingerprint density at radius 2 is 2.14 bits per heavy atom. The topological polar surface area (TPSA) is 50.8 Å². The van der Waals surface area contributed by atoms with Gasteiger partial charge in [0.25, 0.3) is 5.91 Å². The van der Waals surface area contributed by atoms with Gasteiger partial charge in [0.05, 0.1) is 24.3 Å². The molecule has 22 heavy (non-hydrogen) atoms. The van der Waals surface area contributed by atoms with E-state index in [-0.39, 0.29) is 5.91 Å². The largest absolute Gasteiger partial charge is 0.492 e. The van der Waals surface area contributed by atoms with Crippen molar-refractivity contribution in [2.75, 3.05) is 46.0 Å². The number of carbonyl (C=O) groups excluding carboxylic acids is 1. The van der Waals surface area contributed by atoms with Crippen LogP contribution < -0.4 is 10.1 Å². The summed E-state index contributed by atoms with van der Waals surface area (Å²) >= 11 is 3.54. The molecule has 0 spiro atoms. The van der Waals surface area contributed by atoms with E-state index in [1.807, 2.05) is 12.1 Å². The van der Waals surface area contributed by atoms with Gasteiger partial charge in [-0.05, 0) is 46.5 Å². The van der Waals surface area contributed by atoms with Crippen LogP contribution in [0.1, 0.15) is 22.3 Å². The summed E-state index contributed by atoms with van der Waals surface area (Å²) in [7, 11) is 0. The highest BCUT2D eigenvalue weighted by Crippen LogP contribution is 2.30. The van der Waals surface area contributed by atoms with Crippen LogP contribution in [0.4, 0.5) is 0 Å². The van der Waals surface area contributed by atoms with Gasteiger partial charge < -0.3 is 14.8 Å². The van der Waals surface area contributed by atoms with E-state index in [0.717, 1.165) is 67.0 Å². The maximum Gasteiger partial charge on any atom is 0.251 e. The first kappa shape index (κ1) is 15.8. The Balaban J connectivity index is 1.53. The van der Waals surface area contributed by atoms with Crippen LogP contribution in [0.5, 0.6) is 5.75 Å². The molecule has 1 fully saturated rings. The summed E-state index contributed by atoms with van der Waals surface area (Å²) in [5.74, 6) is 0.740. The Morgan fingerprint density at radius 1 is 1.32 bits per heavy atom. The SMILES string of the molecule is O=C1NCCc2cc(Br)c(OCCCN3CCOCC3)cc21. The number of amides is 1. The van der Waals surface area contributed by atoms with Crippen LogP contribution in [0.2, 0.25) is 0 Å². The summed E-state index contributed by atoms with van der Waals surface area (Å²) in [5, 5.41) is 2.87. The third-order valence-corrected chi connectivity index (χ3v) is 4.68. The number of fused-ring (bicyclic) bond motifs is 1. The van der Waals surface area contributed by atoms with Gasteiger partial charge in [0, 0.05) is 31.7 Å². The molecule has 0 radical (unpaired) electrons. The van der Waals surface area contributed by atoms with E-state index in [4.69, 9.17) is 9.47 Å². The number of nitrogens with zero attached hydrogens (tertiary/aromatic N) is 1. The lowest BCUT2D eigenvalue weighted by atomic mass is 10.0. The molecule has 2 aliphatic rings. The molecule has 5 nitrogen and oxygen atoms in total. The molecule has 3 rings (SSSR count). The van der Waals surface area contributed by atoms with E-state index < -0.39 is 0 Å². The zero-order valence-electron chi connectivity index (χ0n) is 12.6. The van der Waals surface area contributed by atoms with Crippen molar-refractivity contribution in [3.05, 3.63) is 27.7 Å². The zero-order valence-corrected chi connectivity index (χ0v) is 14.2. The van der Waals surface area contributed by atoms with E-state index in [9.17, 15) is 4.79 Å². The van der Waals surface area contributed by atoms with Crippen LogP contribution >= 0.6 is 15.9 Å². The van der Waals surface area contributed by atoms with Gasteiger partial charge in [0.1, 0.15) is 5.75 Å². The molecule has 2 aliphatic heterocycles. The number of halogens is 1. The first-order valence-corrected chi connectivity index (χ1v) is 8.57. The van der Waals surface area contributed by atoms with Crippen LogP contribution in [0, 0.1) is 0 Å². The normalized spacial score (nSPS) is 18.7. The maximum absolute atomic E-state index is 11.9. The number of benzene rings is 1. The van der Waals surface area contributed by atoms with E-state index in [2.05, 4.69) is 26.1 Å². The van der Waals surface area contributed by atoms with Gasteiger partial charge in [-0.25, -0.2) is 0 Å². The molecule has 0 bridgehead atoms. The second kappa shape index (κ2) is 7.44. The Bertz CT molecular complexity index is 544. The molecule has 1 amide bonds. The average molecular weight is 369 g/mol. The average Bonchev–Trinajstić information content (AvgIpc) is 2.53. The lowest BCUT2D eigenvalue weighted by Gasteiger charge is -2.26. The van der Waals surface area contributed by atoms with Crippen LogP contribution in [0.3, 0.4) is 0 Å². The van der Waals surface area contributed by atoms with Crippen molar-refractivity contribution in [1.82, 2.24) is 10.2 Å². The number of hydrogen-bond donors (Lipinski definition) is 1. The second-order valence-electron chi connectivity index (χ2n) is 5.60. The number of nitrogens with one attached hydrogen (secondary N) is 1. The monoisotopic (exact) mass is 368 g/mol. The highest BCUT2D eigenvalue weighted by molar-refractivity contribution is 9.10. The van der Waals surface area contributed by atoms with Crippen molar-refractivity contribution in [3.63, 3.8) is 0 Å². The van der Waals surface area contributed by atoms with Gasteiger partial charge >= 0.3 is 0 Å². The molecule has 0 saturated carbocycles. The van der Waals surface area contributed by atoms with Crippen molar-refractivity contribution in [2.45, 2.75) is 12.8 Å². The predicted octanol–water partition coefficient (Wildman–Crippen LogP) is 1.84. The smallest absolute Gasteiger partial charge is 0.251 e. The Kier molecular flexibility index (Phi) is 5.33. The van der Waals surface area contributed by atoms with Gasteiger partial charge in [-0.3, -0.25) is 9.69 Å². The van der Waals surface area contributed by atoms with E-state index in [0.29, 0.717) is 13.2 Å². The minimum Gasteiger partial charge on any atom is -0.492 e. The fraction of sp³-hybridized carbons (Fsp3) is 0.562. The molecule has 1 aromatic carbocycles. The van der Waals surface area contributed by atoms with Gasteiger partial charge in [0.15, 0.2) is 0 Å². The lowest BCUT2D eigenvalue weighted by molar-refractivity contribution is 0.0358. The number of carbonyl (C=O) groups is 1. The highest BCUT2D eigenvalue weighted by Gasteiger charge is 2.19. The van der Waals surface area contributed by atoms with E-state index >= 15 is 0 Å². The predicted molar refractivity (Wildman–Crippen MR) is 87.6 cm³/mol. The number of rotatable bonds is 5. The number of morpholine rings is 1. The van der Waals surface area contributed by atoms with Crippen molar-refractivity contribution in [3.8, 4) is 5.75 Å². The first-order chi connectivity index (χ1) is 10.7.